The third kappa shape index (κ3) is 3.24. The summed E-state index contributed by atoms with van der Waals surface area (Å²) in [6, 6.07) is 10.6. The molecule has 0 fully saturated rings. The summed E-state index contributed by atoms with van der Waals surface area (Å²) in [6.45, 7) is -0.565. The van der Waals surface area contributed by atoms with Gasteiger partial charge in [-0.1, -0.05) is 0 Å². The lowest BCUT2D eigenvalue weighted by Crippen LogP contribution is -2.15. The van der Waals surface area contributed by atoms with E-state index in [1.165, 1.54) is 0 Å². The Balaban J connectivity index is 2.45. The summed E-state index contributed by atoms with van der Waals surface area (Å²) in [4.78, 5) is 24.5. The Morgan fingerprint density at radius 1 is 0.467 bits per heavy atom. The van der Waals surface area contributed by atoms with Crippen molar-refractivity contribution in [2.45, 2.75) is 13.1 Å². The van der Waals surface area contributed by atoms with Crippen molar-refractivity contribution in [1.29, 1.82) is 31.6 Å². The highest BCUT2D eigenvalue weighted by molar-refractivity contribution is 6.53. The van der Waals surface area contributed by atoms with Crippen molar-refractivity contribution >= 4 is 11.4 Å². The first-order chi connectivity index (χ1) is 14.6. The van der Waals surface area contributed by atoms with Gasteiger partial charge in [-0.3, -0.25) is 9.98 Å². The van der Waals surface area contributed by atoms with E-state index in [2.05, 4.69) is 29.9 Å². The molecule has 0 bridgehead atoms. The third-order valence-electron chi connectivity index (χ3n) is 3.79. The fourth-order valence-corrected chi connectivity index (χ4v) is 2.49. The molecule has 2 aromatic rings. The average Bonchev–Trinajstić information content (AvgIpc) is 2.79. The first-order valence-electron chi connectivity index (χ1n) is 7.92. The summed E-state index contributed by atoms with van der Waals surface area (Å²) in [6.07, 6.45) is 0. The van der Waals surface area contributed by atoms with Crippen LogP contribution in [0, 0.1) is 68.0 Å². The standard InChI is InChI=1S/C18H4N12/c19-1-9-10(2-20)26-8-16-18(30-14(6-24)12(4-22)28-16)17-15(7-25-9)27-11(3-21)13(5-23)29-17/h7-8H2/b25-9-,26-10-. The van der Waals surface area contributed by atoms with E-state index in [9.17, 15) is 31.6 Å². The molecule has 1 aliphatic rings. The highest BCUT2D eigenvalue weighted by Gasteiger charge is 2.23. The predicted octanol–water partition coefficient (Wildman–Crippen LogP) is 0.363. The molecule has 3 heterocycles. The molecular weight excluding hydrogens is 384 g/mol. The Morgan fingerprint density at radius 2 is 0.800 bits per heavy atom. The lowest BCUT2D eigenvalue weighted by molar-refractivity contribution is 0.913. The van der Waals surface area contributed by atoms with Crippen molar-refractivity contribution in [2.75, 3.05) is 0 Å². The first-order valence-corrected chi connectivity index (χ1v) is 7.92. The molecule has 30 heavy (non-hydrogen) atoms. The number of rotatable bonds is 0. The molecule has 0 saturated carbocycles. The minimum absolute atomic E-state index is 0.00527. The molecule has 1 aliphatic heterocycles. The maximum absolute atomic E-state index is 9.30. The van der Waals surface area contributed by atoms with Crippen LogP contribution in [0.15, 0.2) is 9.98 Å². The van der Waals surface area contributed by atoms with Gasteiger partial charge in [0.2, 0.25) is 0 Å². The number of aliphatic imine (C=N–C) groups is 2. The summed E-state index contributed by atoms with van der Waals surface area (Å²) in [5.41, 5.74) is -1.47. The van der Waals surface area contributed by atoms with Gasteiger partial charge >= 0.3 is 0 Å². The minimum Gasteiger partial charge on any atom is -0.265 e. The Bertz CT molecular complexity index is 1290. The third-order valence-corrected chi connectivity index (χ3v) is 3.79. The lowest BCUT2D eigenvalue weighted by atomic mass is 10.1. The van der Waals surface area contributed by atoms with Crippen LogP contribution in [0.4, 0.5) is 0 Å². The van der Waals surface area contributed by atoms with Crippen LogP contribution in [0.2, 0.25) is 0 Å². The van der Waals surface area contributed by atoms with Gasteiger partial charge in [0.15, 0.2) is 34.2 Å². The second kappa shape index (κ2) is 7.99. The van der Waals surface area contributed by atoms with Crippen LogP contribution in [-0.2, 0) is 13.1 Å². The van der Waals surface area contributed by atoms with E-state index in [-0.39, 0.29) is 70.1 Å². The van der Waals surface area contributed by atoms with Gasteiger partial charge in [0.05, 0.1) is 24.5 Å². The Kier molecular flexibility index (Phi) is 5.11. The van der Waals surface area contributed by atoms with Crippen LogP contribution in [0.3, 0.4) is 0 Å². The number of aromatic nitrogens is 4. The van der Waals surface area contributed by atoms with Crippen molar-refractivity contribution in [3.05, 3.63) is 34.2 Å². The van der Waals surface area contributed by atoms with Crippen molar-refractivity contribution in [2.24, 2.45) is 9.98 Å². The molecule has 3 rings (SSSR count). The number of nitrogens with zero attached hydrogens (tertiary/aromatic N) is 12. The largest absolute Gasteiger partial charge is 0.265 e. The molecule has 0 saturated heterocycles. The molecular formula is C18H4N12. The molecule has 2 aromatic heterocycles. The summed E-state index contributed by atoms with van der Waals surface area (Å²) < 4.78 is 0. The maximum atomic E-state index is 9.30. The van der Waals surface area contributed by atoms with Gasteiger partial charge in [0.25, 0.3) is 0 Å². The van der Waals surface area contributed by atoms with E-state index in [0.717, 1.165) is 0 Å². The Hall–Kier alpha value is -5.56. The summed E-state index contributed by atoms with van der Waals surface area (Å²) in [7, 11) is 0. The monoisotopic (exact) mass is 388 g/mol. The molecule has 0 spiro atoms. The SMILES string of the molecule is N#CC1=N/Cc2nc(C#N)c(C#N)nc2-c2nc(C#N)c(C#N)nc2C/N=C\1C#N. The van der Waals surface area contributed by atoms with Crippen LogP contribution in [0.5, 0.6) is 0 Å². The van der Waals surface area contributed by atoms with Crippen molar-refractivity contribution in [3.63, 3.8) is 0 Å². The van der Waals surface area contributed by atoms with Crippen molar-refractivity contribution in [3.8, 4) is 47.8 Å². The van der Waals surface area contributed by atoms with E-state index >= 15 is 0 Å². The molecule has 0 amide bonds. The molecule has 0 N–H and O–H groups in total. The minimum atomic E-state index is -0.283. The van der Waals surface area contributed by atoms with Crippen LogP contribution >= 0.6 is 0 Å². The topological polar surface area (TPSA) is 219 Å². The zero-order valence-corrected chi connectivity index (χ0v) is 14.8. The van der Waals surface area contributed by atoms with Gasteiger partial charge in [0, 0.05) is 0 Å². The number of nitriles is 6. The lowest BCUT2D eigenvalue weighted by Gasteiger charge is -2.12. The summed E-state index contributed by atoms with van der Waals surface area (Å²) in [5.74, 6) is 0. The average molecular weight is 388 g/mol. The van der Waals surface area contributed by atoms with Crippen LogP contribution in [0.1, 0.15) is 34.2 Å². The molecule has 0 aliphatic carbocycles. The fourth-order valence-electron chi connectivity index (χ4n) is 2.49. The molecule has 12 heteroatoms. The van der Waals surface area contributed by atoms with Gasteiger partial charge in [0.1, 0.15) is 47.8 Å². The molecule has 136 valence electrons. The van der Waals surface area contributed by atoms with Gasteiger partial charge in [-0.15, -0.1) is 0 Å². The van der Waals surface area contributed by atoms with Crippen LogP contribution < -0.4 is 0 Å². The van der Waals surface area contributed by atoms with E-state index < -0.39 is 0 Å². The molecule has 0 aromatic carbocycles. The van der Waals surface area contributed by atoms with Crippen LogP contribution in [-0.4, -0.2) is 31.4 Å². The van der Waals surface area contributed by atoms with Crippen LogP contribution in [0.25, 0.3) is 11.4 Å². The van der Waals surface area contributed by atoms with E-state index in [4.69, 9.17) is 0 Å². The Labute approximate surface area is 168 Å². The summed E-state index contributed by atoms with van der Waals surface area (Å²) >= 11 is 0. The predicted molar refractivity (Wildman–Crippen MR) is 95.4 cm³/mol. The van der Waals surface area contributed by atoms with Gasteiger partial charge in [-0.05, 0) is 0 Å². The number of hydrogen-bond acceptors (Lipinski definition) is 12. The smallest absolute Gasteiger partial charge is 0.177 e. The second-order valence-corrected chi connectivity index (χ2v) is 5.43. The fraction of sp³-hybridized carbons (Fsp3) is 0.111. The highest BCUT2D eigenvalue weighted by atomic mass is 15.0. The first kappa shape index (κ1) is 19.2. The highest BCUT2D eigenvalue weighted by Crippen LogP contribution is 2.26. The van der Waals surface area contributed by atoms with E-state index in [0.29, 0.717) is 0 Å². The zero-order valence-electron chi connectivity index (χ0n) is 14.8. The van der Waals surface area contributed by atoms with Crippen molar-refractivity contribution in [1.82, 2.24) is 19.9 Å². The summed E-state index contributed by atoms with van der Waals surface area (Å²) in [5, 5.41) is 55.7. The van der Waals surface area contributed by atoms with Crippen molar-refractivity contribution < 1.29 is 0 Å². The number of hydrogen-bond donors (Lipinski definition) is 0. The number of fused-ring (bicyclic) bond motifs is 3. The molecule has 0 radical (unpaired) electrons. The molecule has 0 unspecified atom stereocenters. The second-order valence-electron chi connectivity index (χ2n) is 5.43. The van der Waals surface area contributed by atoms with Gasteiger partial charge in [-0.25, -0.2) is 19.9 Å². The normalized spacial score (nSPS) is 15.4. The quantitative estimate of drug-likeness (QED) is 0.602. The maximum Gasteiger partial charge on any atom is 0.177 e. The molecule has 0 atom stereocenters. The molecule has 12 nitrogen and oxygen atoms in total. The van der Waals surface area contributed by atoms with Gasteiger partial charge < -0.3 is 0 Å². The van der Waals surface area contributed by atoms with E-state index in [1.54, 1.807) is 36.4 Å². The van der Waals surface area contributed by atoms with E-state index in [1.807, 2.05) is 0 Å². The zero-order chi connectivity index (χ0) is 21.7. The van der Waals surface area contributed by atoms with Gasteiger partial charge in [-0.2, -0.15) is 31.6 Å². The Morgan fingerprint density at radius 3 is 1.10 bits per heavy atom.